The van der Waals surface area contributed by atoms with Crippen molar-refractivity contribution >= 4 is 27.8 Å². The molecule has 0 radical (unpaired) electrons. The number of nitrogens with one attached hydrogen (secondary N) is 1. The van der Waals surface area contributed by atoms with Crippen LogP contribution in [0, 0.1) is 0 Å². The van der Waals surface area contributed by atoms with Crippen LogP contribution in [0.25, 0.3) is 0 Å². The molecule has 1 amide bonds. The molecular formula is C13H14BrNO4. The minimum Gasteiger partial charge on any atom is -0.496 e. The van der Waals surface area contributed by atoms with Crippen LogP contribution >= 0.6 is 15.9 Å². The first-order valence-corrected chi connectivity index (χ1v) is 6.69. The van der Waals surface area contributed by atoms with Crippen LogP contribution in [-0.2, 0) is 9.53 Å². The Morgan fingerprint density at radius 3 is 2.74 bits per heavy atom. The first-order chi connectivity index (χ1) is 9.10. The zero-order valence-electron chi connectivity index (χ0n) is 10.4. The van der Waals surface area contributed by atoms with Gasteiger partial charge in [0, 0.05) is 6.04 Å². The first-order valence-electron chi connectivity index (χ1n) is 5.90. The van der Waals surface area contributed by atoms with Crippen molar-refractivity contribution in [2.45, 2.75) is 18.9 Å². The number of benzene rings is 1. The Bertz CT molecular complexity index is 499. The van der Waals surface area contributed by atoms with Gasteiger partial charge in [0.25, 0.3) is 5.91 Å². The van der Waals surface area contributed by atoms with Crippen molar-refractivity contribution in [3.8, 4) is 5.75 Å². The van der Waals surface area contributed by atoms with E-state index in [0.29, 0.717) is 15.8 Å². The van der Waals surface area contributed by atoms with Crippen LogP contribution in [0.5, 0.6) is 5.75 Å². The molecule has 0 saturated heterocycles. The van der Waals surface area contributed by atoms with E-state index in [1.807, 2.05) is 0 Å². The zero-order valence-corrected chi connectivity index (χ0v) is 12.0. The summed E-state index contributed by atoms with van der Waals surface area (Å²) in [5.74, 6) is -0.166. The lowest BCUT2D eigenvalue weighted by atomic mass is 10.2. The highest BCUT2D eigenvalue weighted by atomic mass is 79.9. The van der Waals surface area contributed by atoms with E-state index in [9.17, 15) is 9.59 Å². The number of hydrogen-bond donors (Lipinski definition) is 1. The van der Waals surface area contributed by atoms with Crippen LogP contribution in [-0.4, -0.2) is 31.6 Å². The molecule has 6 heteroatoms. The molecule has 102 valence electrons. The number of ether oxygens (including phenoxy) is 2. The predicted octanol–water partition coefficient (Wildman–Crippen LogP) is 1.89. The monoisotopic (exact) mass is 327 g/mol. The van der Waals surface area contributed by atoms with Gasteiger partial charge in [-0.05, 0) is 47.0 Å². The highest BCUT2D eigenvalue weighted by Crippen LogP contribution is 2.25. The minimum absolute atomic E-state index is 0.251. The molecule has 19 heavy (non-hydrogen) atoms. The molecule has 2 rings (SSSR count). The number of carbonyl (C=O) groups excluding carboxylic acids is 2. The van der Waals surface area contributed by atoms with Crippen molar-refractivity contribution in [1.29, 1.82) is 0 Å². The fraction of sp³-hybridized carbons (Fsp3) is 0.385. The van der Waals surface area contributed by atoms with E-state index in [1.165, 1.54) is 0 Å². The number of rotatable bonds is 5. The van der Waals surface area contributed by atoms with Crippen LogP contribution in [0.1, 0.15) is 23.2 Å². The molecular weight excluding hydrogens is 314 g/mol. The standard InChI is InChI=1S/C13H14BrNO4/c1-18-11-5-2-8(6-10(11)14)13(17)19-7-12(16)15-9-3-4-9/h2,5-6,9H,3-4,7H2,1H3,(H,15,16). The summed E-state index contributed by atoms with van der Waals surface area (Å²) in [5.41, 5.74) is 0.367. The van der Waals surface area contributed by atoms with E-state index in [0.717, 1.165) is 12.8 Å². The Balaban J connectivity index is 1.88. The number of carbonyl (C=O) groups is 2. The van der Waals surface area contributed by atoms with Crippen molar-refractivity contribution in [1.82, 2.24) is 5.32 Å². The Labute approximate surface area is 119 Å². The summed E-state index contributed by atoms with van der Waals surface area (Å²) < 4.78 is 10.7. The highest BCUT2D eigenvalue weighted by molar-refractivity contribution is 9.10. The fourth-order valence-corrected chi connectivity index (χ4v) is 2.05. The van der Waals surface area contributed by atoms with Crippen LogP contribution in [0.15, 0.2) is 22.7 Å². The van der Waals surface area contributed by atoms with E-state index >= 15 is 0 Å². The number of amides is 1. The van der Waals surface area contributed by atoms with Crippen molar-refractivity contribution < 1.29 is 19.1 Å². The van der Waals surface area contributed by atoms with Gasteiger partial charge in [0.2, 0.25) is 0 Å². The second-order valence-corrected chi connectivity index (χ2v) is 5.12. The van der Waals surface area contributed by atoms with Crippen LogP contribution in [0.4, 0.5) is 0 Å². The molecule has 1 saturated carbocycles. The molecule has 0 aliphatic heterocycles. The summed E-state index contributed by atoms with van der Waals surface area (Å²) >= 11 is 3.28. The Morgan fingerprint density at radius 1 is 1.42 bits per heavy atom. The topological polar surface area (TPSA) is 64.6 Å². The van der Waals surface area contributed by atoms with Gasteiger partial charge in [-0.15, -0.1) is 0 Å². The number of esters is 1. The lowest BCUT2D eigenvalue weighted by Crippen LogP contribution is -2.30. The molecule has 1 fully saturated rings. The van der Waals surface area contributed by atoms with Gasteiger partial charge in [0.15, 0.2) is 6.61 Å². The summed E-state index contributed by atoms with van der Waals surface area (Å²) in [6.07, 6.45) is 2.01. The average Bonchev–Trinajstić information content (AvgIpc) is 3.19. The summed E-state index contributed by atoms with van der Waals surface area (Å²) in [6, 6.07) is 5.11. The van der Waals surface area contributed by atoms with Gasteiger partial charge in [-0.1, -0.05) is 0 Å². The van der Waals surface area contributed by atoms with E-state index in [4.69, 9.17) is 9.47 Å². The van der Waals surface area contributed by atoms with Crippen LogP contribution < -0.4 is 10.1 Å². The second-order valence-electron chi connectivity index (χ2n) is 4.27. The lowest BCUT2D eigenvalue weighted by molar-refractivity contribution is -0.124. The second kappa shape index (κ2) is 6.06. The molecule has 1 aliphatic rings. The highest BCUT2D eigenvalue weighted by Gasteiger charge is 2.23. The molecule has 0 atom stereocenters. The summed E-state index contributed by atoms with van der Waals surface area (Å²) in [6.45, 7) is -0.251. The SMILES string of the molecule is COc1ccc(C(=O)OCC(=O)NC2CC2)cc1Br. The molecule has 1 N–H and O–H groups in total. The summed E-state index contributed by atoms with van der Waals surface area (Å²) in [5, 5.41) is 2.74. The maximum Gasteiger partial charge on any atom is 0.338 e. The number of halogens is 1. The molecule has 0 bridgehead atoms. The number of hydrogen-bond acceptors (Lipinski definition) is 4. The number of methoxy groups -OCH3 is 1. The van der Waals surface area contributed by atoms with E-state index in [2.05, 4.69) is 21.2 Å². The Hall–Kier alpha value is -1.56. The zero-order chi connectivity index (χ0) is 13.8. The minimum atomic E-state index is -0.533. The third kappa shape index (κ3) is 3.96. The smallest absolute Gasteiger partial charge is 0.338 e. The molecule has 0 heterocycles. The molecule has 1 aromatic carbocycles. The largest absolute Gasteiger partial charge is 0.496 e. The molecule has 0 aromatic heterocycles. The van der Waals surface area contributed by atoms with Crippen molar-refractivity contribution in [2.24, 2.45) is 0 Å². The maximum absolute atomic E-state index is 11.7. The fourth-order valence-electron chi connectivity index (χ4n) is 1.50. The lowest BCUT2D eigenvalue weighted by Gasteiger charge is -2.07. The van der Waals surface area contributed by atoms with Gasteiger partial charge >= 0.3 is 5.97 Å². The van der Waals surface area contributed by atoms with Crippen LogP contribution in [0.3, 0.4) is 0 Å². The van der Waals surface area contributed by atoms with E-state index < -0.39 is 5.97 Å². The van der Waals surface area contributed by atoms with Gasteiger partial charge < -0.3 is 14.8 Å². The molecule has 1 aromatic rings. The molecule has 1 aliphatic carbocycles. The first kappa shape index (κ1) is 13.9. The van der Waals surface area contributed by atoms with Crippen molar-refractivity contribution in [2.75, 3.05) is 13.7 Å². The quantitative estimate of drug-likeness (QED) is 0.839. The van der Waals surface area contributed by atoms with Crippen molar-refractivity contribution in [3.63, 3.8) is 0 Å². The maximum atomic E-state index is 11.7. The average molecular weight is 328 g/mol. The third-order valence-corrected chi connectivity index (χ3v) is 3.28. The van der Waals surface area contributed by atoms with Gasteiger partial charge in [0.1, 0.15) is 5.75 Å². The Kier molecular flexibility index (Phi) is 4.42. The van der Waals surface area contributed by atoms with E-state index in [-0.39, 0.29) is 18.6 Å². The van der Waals surface area contributed by atoms with E-state index in [1.54, 1.807) is 25.3 Å². The molecule has 0 unspecified atom stereocenters. The normalized spacial score (nSPS) is 13.8. The third-order valence-electron chi connectivity index (χ3n) is 2.66. The van der Waals surface area contributed by atoms with Crippen molar-refractivity contribution in [3.05, 3.63) is 28.2 Å². The Morgan fingerprint density at radius 2 is 2.16 bits per heavy atom. The summed E-state index contributed by atoms with van der Waals surface area (Å²) in [7, 11) is 1.54. The van der Waals surface area contributed by atoms with Gasteiger partial charge in [-0.25, -0.2) is 4.79 Å². The molecule has 0 spiro atoms. The van der Waals surface area contributed by atoms with Crippen LogP contribution in [0.2, 0.25) is 0 Å². The van der Waals surface area contributed by atoms with Gasteiger partial charge in [-0.3, -0.25) is 4.79 Å². The van der Waals surface area contributed by atoms with Gasteiger partial charge in [0.05, 0.1) is 17.1 Å². The molecule has 5 nitrogen and oxygen atoms in total. The summed E-state index contributed by atoms with van der Waals surface area (Å²) in [4.78, 5) is 23.1. The van der Waals surface area contributed by atoms with Gasteiger partial charge in [-0.2, -0.15) is 0 Å². The predicted molar refractivity (Wildman–Crippen MR) is 72.1 cm³/mol.